The van der Waals surface area contributed by atoms with E-state index in [4.69, 9.17) is 12.6 Å². The Labute approximate surface area is 99.5 Å². The van der Waals surface area contributed by atoms with Gasteiger partial charge in [0.1, 0.15) is 0 Å². The minimum Gasteiger partial charge on any atom is -0.360 e. The molecule has 0 aromatic rings. The largest absolute Gasteiger partial charge is 0.360 e. The molecule has 92 valence electrons. The molecule has 0 unspecified atom stereocenters. The fourth-order valence-electron chi connectivity index (χ4n) is 0.681. The van der Waals surface area contributed by atoms with Crippen molar-refractivity contribution in [1.29, 1.82) is 0 Å². The Kier molecular flexibility index (Phi) is 6.43. The first-order chi connectivity index (χ1) is 6.49. The van der Waals surface area contributed by atoms with E-state index >= 15 is 0 Å². The fourth-order valence-corrected chi connectivity index (χ4v) is 7.24. The minimum atomic E-state index is -1.56. The summed E-state index contributed by atoms with van der Waals surface area (Å²) >= 11 is 0. The first kappa shape index (κ1) is 16.0. The van der Waals surface area contributed by atoms with Crippen LogP contribution in [0.5, 0.6) is 0 Å². The van der Waals surface area contributed by atoms with Crippen LogP contribution in [0.25, 0.3) is 0 Å². The molecule has 0 aliphatic rings. The molecule has 0 bridgehead atoms. The lowest BCUT2D eigenvalue weighted by molar-refractivity contribution is 0.390. The molecule has 0 aliphatic carbocycles. The van der Waals surface area contributed by atoms with E-state index in [1.54, 1.807) is 0 Å². The summed E-state index contributed by atoms with van der Waals surface area (Å²) in [5, 5.41) is 0. The molecule has 0 saturated heterocycles. The molecule has 0 fully saturated rings. The van der Waals surface area contributed by atoms with Crippen molar-refractivity contribution in [3.8, 4) is 0 Å². The van der Waals surface area contributed by atoms with Gasteiger partial charge in [0.05, 0.1) is 0 Å². The molecule has 0 aromatic heterocycles. The van der Waals surface area contributed by atoms with Crippen LogP contribution in [0.3, 0.4) is 0 Å². The van der Waals surface area contributed by atoms with Crippen molar-refractivity contribution in [3.05, 3.63) is 0 Å². The average molecular weight is 285 g/mol. The highest BCUT2D eigenvalue weighted by Crippen LogP contribution is 2.45. The van der Waals surface area contributed by atoms with Crippen molar-refractivity contribution in [2.24, 2.45) is 0 Å². The highest BCUT2D eigenvalue weighted by Gasteiger charge is 2.29. The first-order valence-electron chi connectivity index (χ1n) is 5.35. The summed E-state index contributed by atoms with van der Waals surface area (Å²) in [6, 6.07) is 0. The Morgan fingerprint density at radius 3 is 1.33 bits per heavy atom. The second kappa shape index (κ2) is 6.05. The molecule has 7 heteroatoms. The van der Waals surface area contributed by atoms with Gasteiger partial charge in [0, 0.05) is 0 Å². The molecule has 0 saturated carbocycles. The Morgan fingerprint density at radius 1 is 0.800 bits per heavy atom. The Balaban J connectivity index is 4.32. The zero-order valence-electron chi connectivity index (χ0n) is 11.2. The van der Waals surface area contributed by atoms with Gasteiger partial charge in [0.25, 0.3) is 8.60 Å². The molecule has 0 N–H and O–H groups in total. The zero-order chi connectivity index (χ0) is 12.3. The summed E-state index contributed by atoms with van der Waals surface area (Å²) in [6.45, 7) is 17.3. The predicted octanol–water partition coefficient (Wildman–Crippen LogP) is 3.92. The molecule has 3 nitrogen and oxygen atoms in total. The topological polar surface area (TPSA) is 27.7 Å². The summed E-state index contributed by atoms with van der Waals surface area (Å²) in [4.78, 5) is 0. The number of rotatable bonds is 6. The highest BCUT2D eigenvalue weighted by atomic mass is 31.2. The molecule has 0 heterocycles. The van der Waals surface area contributed by atoms with Crippen LogP contribution in [-0.2, 0) is 12.6 Å². The van der Waals surface area contributed by atoms with Gasteiger partial charge in [0.15, 0.2) is 25.7 Å². The molecule has 0 radical (unpaired) electrons. The summed E-state index contributed by atoms with van der Waals surface area (Å²) in [5.74, 6) is 0. The van der Waals surface area contributed by atoms with Crippen molar-refractivity contribution >= 4 is 34.3 Å². The van der Waals surface area contributed by atoms with Crippen LogP contribution in [0.1, 0.15) is 0 Å². The Hall–Kier alpha value is 0.961. The average Bonchev–Trinajstić information content (AvgIpc) is 1.73. The van der Waals surface area contributed by atoms with E-state index in [1.807, 2.05) is 0 Å². The van der Waals surface area contributed by atoms with Crippen LogP contribution in [0.2, 0.25) is 52.4 Å². The van der Waals surface area contributed by atoms with Crippen LogP contribution < -0.4 is 0 Å². The molecule has 0 amide bonds. The van der Waals surface area contributed by atoms with E-state index in [-0.39, 0.29) is 0 Å². The van der Waals surface area contributed by atoms with E-state index in [2.05, 4.69) is 52.4 Å². The number of hydrogen-bond acceptors (Lipinski definition) is 3. The SMILES string of the molecule is C[SiH](C)OP(O[Si](C)(C)C)O[Si](C)(C)C. The van der Waals surface area contributed by atoms with Crippen molar-refractivity contribution < 1.29 is 12.6 Å². The van der Waals surface area contributed by atoms with Gasteiger partial charge in [-0.2, -0.15) is 0 Å². The normalized spacial score (nSPS) is 14.0. The van der Waals surface area contributed by atoms with Gasteiger partial charge in [-0.1, -0.05) is 0 Å². The monoisotopic (exact) mass is 284 g/mol. The maximum atomic E-state index is 5.95. The lowest BCUT2D eigenvalue weighted by atomic mass is 11.8. The van der Waals surface area contributed by atoms with E-state index in [9.17, 15) is 0 Å². The lowest BCUT2D eigenvalue weighted by Crippen LogP contribution is -2.29. The number of hydrogen-bond donors (Lipinski definition) is 0. The van der Waals surface area contributed by atoms with Crippen LogP contribution in [0.15, 0.2) is 0 Å². The molecule has 0 aromatic carbocycles. The molecule has 15 heavy (non-hydrogen) atoms. The van der Waals surface area contributed by atoms with Crippen LogP contribution >= 0.6 is 8.60 Å². The van der Waals surface area contributed by atoms with Crippen LogP contribution in [0.4, 0.5) is 0 Å². The van der Waals surface area contributed by atoms with Gasteiger partial charge in [0.2, 0.25) is 0 Å². The molecule has 0 aliphatic heterocycles. The van der Waals surface area contributed by atoms with Gasteiger partial charge in [-0.15, -0.1) is 0 Å². The Morgan fingerprint density at radius 2 is 1.13 bits per heavy atom. The first-order valence-corrected chi connectivity index (χ1v) is 16.0. The van der Waals surface area contributed by atoms with Crippen molar-refractivity contribution in [2.45, 2.75) is 52.4 Å². The van der Waals surface area contributed by atoms with E-state index in [0.717, 1.165) is 0 Å². The fraction of sp³-hybridized carbons (Fsp3) is 1.00. The predicted molar refractivity (Wildman–Crippen MR) is 75.7 cm³/mol. The van der Waals surface area contributed by atoms with Crippen LogP contribution in [0, 0.1) is 0 Å². The van der Waals surface area contributed by atoms with Crippen molar-refractivity contribution in [3.63, 3.8) is 0 Å². The standard InChI is InChI=1S/C8H25O3PSi3/c1-13(2)9-12(10-14(3,4)5)11-15(6,7)8/h13H,1-8H3. The van der Waals surface area contributed by atoms with Crippen LogP contribution in [-0.4, -0.2) is 25.7 Å². The molecule has 0 atom stereocenters. The molecular weight excluding hydrogens is 259 g/mol. The third-order valence-electron chi connectivity index (χ3n) is 0.994. The van der Waals surface area contributed by atoms with E-state index in [0.29, 0.717) is 0 Å². The lowest BCUT2D eigenvalue weighted by Gasteiger charge is -2.30. The maximum Gasteiger partial charge on any atom is 0.299 e. The maximum absolute atomic E-state index is 5.95. The second-order valence-corrected chi connectivity index (χ2v) is 19.1. The quantitative estimate of drug-likeness (QED) is 0.546. The van der Waals surface area contributed by atoms with E-state index < -0.39 is 34.3 Å². The summed E-state index contributed by atoms with van der Waals surface area (Å²) in [7, 11) is -5.30. The van der Waals surface area contributed by atoms with Crippen molar-refractivity contribution in [2.75, 3.05) is 0 Å². The summed E-state index contributed by atoms with van der Waals surface area (Å²) in [6.07, 6.45) is 0. The molecule has 0 rings (SSSR count). The molecule has 0 spiro atoms. The second-order valence-electron chi connectivity index (χ2n) is 5.79. The van der Waals surface area contributed by atoms with E-state index in [1.165, 1.54) is 0 Å². The molecular formula is C8H25O3PSi3. The van der Waals surface area contributed by atoms with Gasteiger partial charge in [-0.3, -0.25) is 0 Å². The highest BCUT2D eigenvalue weighted by molar-refractivity contribution is 7.47. The smallest absolute Gasteiger partial charge is 0.299 e. The van der Waals surface area contributed by atoms with Gasteiger partial charge >= 0.3 is 0 Å². The Bertz CT molecular complexity index is 173. The van der Waals surface area contributed by atoms with Gasteiger partial charge in [-0.05, 0) is 52.4 Å². The zero-order valence-corrected chi connectivity index (χ0v) is 15.3. The third-order valence-corrected chi connectivity index (χ3v) is 8.94. The minimum absolute atomic E-state index is 1.08. The third kappa shape index (κ3) is 11.2. The van der Waals surface area contributed by atoms with Crippen molar-refractivity contribution in [1.82, 2.24) is 0 Å². The summed E-state index contributed by atoms with van der Waals surface area (Å²) < 4.78 is 17.7. The van der Waals surface area contributed by atoms with Gasteiger partial charge in [-0.25, -0.2) is 0 Å². The summed E-state index contributed by atoms with van der Waals surface area (Å²) in [5.41, 5.74) is 0. The van der Waals surface area contributed by atoms with Gasteiger partial charge < -0.3 is 12.6 Å².